The molecule has 7 nitrogen and oxygen atoms in total. The fraction of sp³-hybridized carbons (Fsp3) is 0.194. The lowest BCUT2D eigenvalue weighted by Gasteiger charge is -2.28. The molecule has 2 aromatic heterocycles. The lowest BCUT2D eigenvalue weighted by atomic mass is 9.96. The minimum atomic E-state index is -0.229. The van der Waals surface area contributed by atoms with E-state index in [9.17, 15) is 4.79 Å². The third-order valence-corrected chi connectivity index (χ3v) is 8.35. The topological polar surface area (TPSA) is 71.4 Å². The zero-order valence-electron chi connectivity index (χ0n) is 25.0. The molecule has 6 rings (SSSR count). The first-order valence-corrected chi connectivity index (χ1v) is 15.2. The molecule has 2 N–H and O–H groups in total. The number of para-hydroxylation sites is 1. The van der Waals surface area contributed by atoms with Crippen LogP contribution < -0.4 is 20.3 Å². The number of nitrogens with zero attached hydrogens (tertiary/aromatic N) is 3. The summed E-state index contributed by atoms with van der Waals surface area (Å²) in [5, 5.41) is 7.10. The number of aryl methyl sites for hydroxylation is 2. The van der Waals surface area contributed by atoms with E-state index >= 15 is 0 Å². The monoisotopic (exact) mass is 601 g/mol. The second-order valence-corrected chi connectivity index (χ2v) is 11.3. The Morgan fingerprint density at radius 2 is 1.64 bits per heavy atom. The summed E-state index contributed by atoms with van der Waals surface area (Å²) in [6.45, 7) is 6.41. The van der Waals surface area contributed by atoms with Crippen LogP contribution in [0.25, 0.3) is 5.69 Å². The summed E-state index contributed by atoms with van der Waals surface area (Å²) in [5.41, 5.74) is 8.43. The molecule has 2 atom stereocenters. The number of thiocarbonyl (C=S) groups is 1. The van der Waals surface area contributed by atoms with Crippen LogP contribution in [0.15, 0.2) is 109 Å². The van der Waals surface area contributed by atoms with Crippen molar-refractivity contribution in [2.45, 2.75) is 39.3 Å². The van der Waals surface area contributed by atoms with Gasteiger partial charge in [0.1, 0.15) is 5.75 Å². The van der Waals surface area contributed by atoms with Gasteiger partial charge < -0.3 is 24.8 Å². The fourth-order valence-corrected chi connectivity index (χ4v) is 6.23. The van der Waals surface area contributed by atoms with Crippen molar-refractivity contribution in [3.8, 4) is 11.4 Å². The van der Waals surface area contributed by atoms with Gasteiger partial charge in [0.2, 0.25) is 0 Å². The van der Waals surface area contributed by atoms with E-state index in [2.05, 4.69) is 71.2 Å². The van der Waals surface area contributed by atoms with Gasteiger partial charge in [-0.2, -0.15) is 0 Å². The lowest BCUT2D eigenvalue weighted by Crippen LogP contribution is -2.29. The van der Waals surface area contributed by atoms with E-state index in [1.54, 1.807) is 0 Å². The number of anilines is 2. The lowest BCUT2D eigenvalue weighted by molar-refractivity contribution is -0.118. The molecule has 0 bridgehead atoms. The molecule has 0 spiro atoms. The molecular weight excluding hydrogens is 566 g/mol. The Kier molecular flexibility index (Phi) is 8.43. The number of pyridine rings is 1. The Morgan fingerprint density at radius 1 is 0.932 bits per heavy atom. The standard InChI is InChI=1S/C36H35N5O2S/c1-4-26-13-17-28(18-14-26)40-24(2)22-31(25(40)3)35-34(32-12-8-9-21-37-32)39-36(44)41(35)29-19-15-27(16-20-29)38-33(42)23-43-30-10-6-5-7-11-30/h5-22,34-35H,4,23H2,1-3H3,(H,38,42)(H,39,44)/t34-,35+/m0/s1. The molecule has 3 aromatic carbocycles. The number of hydrogen-bond acceptors (Lipinski definition) is 4. The number of benzene rings is 3. The Hall–Kier alpha value is -4.95. The highest BCUT2D eigenvalue weighted by molar-refractivity contribution is 7.80. The Labute approximate surface area is 263 Å². The number of ether oxygens (including phenoxy) is 1. The maximum atomic E-state index is 12.6. The SMILES string of the molecule is CCc1ccc(-n2c(C)cc([C@@H]3[C@H](c4ccccn4)NC(=S)N3c3ccc(NC(=O)COc4ccccc4)cc3)c2C)cc1. The molecule has 1 aliphatic rings. The molecule has 0 saturated carbocycles. The molecule has 0 aliphatic carbocycles. The van der Waals surface area contributed by atoms with E-state index in [1.165, 1.54) is 11.1 Å². The van der Waals surface area contributed by atoms with Crippen molar-refractivity contribution in [1.82, 2.24) is 14.9 Å². The summed E-state index contributed by atoms with van der Waals surface area (Å²) >= 11 is 5.96. The normalized spacial score (nSPS) is 16.1. The summed E-state index contributed by atoms with van der Waals surface area (Å²) < 4.78 is 7.89. The third kappa shape index (κ3) is 5.94. The maximum absolute atomic E-state index is 12.6. The van der Waals surface area contributed by atoms with Crippen molar-refractivity contribution in [3.63, 3.8) is 0 Å². The van der Waals surface area contributed by atoms with Gasteiger partial charge in [-0.1, -0.05) is 43.3 Å². The van der Waals surface area contributed by atoms with Gasteiger partial charge in [0, 0.05) is 34.6 Å². The van der Waals surface area contributed by atoms with Crippen LogP contribution in [0, 0.1) is 13.8 Å². The molecule has 8 heteroatoms. The molecular formula is C36H35N5O2S. The summed E-state index contributed by atoms with van der Waals surface area (Å²) in [6, 6.07) is 33.7. The Morgan fingerprint density at radius 3 is 2.32 bits per heavy atom. The number of amides is 1. The van der Waals surface area contributed by atoms with Crippen molar-refractivity contribution < 1.29 is 9.53 Å². The zero-order chi connectivity index (χ0) is 30.6. The average Bonchev–Trinajstić information content (AvgIpc) is 3.55. The van der Waals surface area contributed by atoms with Gasteiger partial charge in [0.15, 0.2) is 11.7 Å². The van der Waals surface area contributed by atoms with Gasteiger partial charge in [0.25, 0.3) is 5.91 Å². The minimum absolute atomic E-state index is 0.0729. The molecule has 0 radical (unpaired) electrons. The quantitative estimate of drug-likeness (QED) is 0.174. The second-order valence-electron chi connectivity index (χ2n) is 10.9. The first-order chi connectivity index (χ1) is 21.4. The van der Waals surface area contributed by atoms with Crippen LogP contribution in [0.4, 0.5) is 11.4 Å². The molecule has 5 aromatic rings. The molecule has 3 heterocycles. The number of carbonyl (C=O) groups is 1. The van der Waals surface area contributed by atoms with Gasteiger partial charge in [0.05, 0.1) is 17.8 Å². The molecule has 1 aliphatic heterocycles. The van der Waals surface area contributed by atoms with Crippen LogP contribution in [-0.4, -0.2) is 27.2 Å². The first kappa shape index (κ1) is 29.1. The van der Waals surface area contributed by atoms with E-state index in [1.807, 2.05) is 79.0 Å². The van der Waals surface area contributed by atoms with Crippen LogP contribution in [0.1, 0.15) is 47.2 Å². The van der Waals surface area contributed by atoms with Crippen LogP contribution in [-0.2, 0) is 11.2 Å². The number of rotatable bonds is 9. The largest absolute Gasteiger partial charge is 0.484 e. The number of nitrogens with one attached hydrogen (secondary N) is 2. The number of carbonyl (C=O) groups excluding carboxylic acids is 1. The van der Waals surface area contributed by atoms with Gasteiger partial charge in [-0.05, 0) is 110 Å². The third-order valence-electron chi connectivity index (χ3n) is 8.03. The minimum Gasteiger partial charge on any atom is -0.484 e. The predicted octanol–water partition coefficient (Wildman–Crippen LogP) is 7.25. The number of hydrogen-bond donors (Lipinski definition) is 2. The van der Waals surface area contributed by atoms with E-state index in [0.717, 1.165) is 34.9 Å². The van der Waals surface area contributed by atoms with Crippen LogP contribution in [0.5, 0.6) is 5.75 Å². The van der Waals surface area contributed by atoms with E-state index < -0.39 is 0 Å². The number of aromatic nitrogens is 2. The fourth-order valence-electron chi connectivity index (χ4n) is 5.88. The van der Waals surface area contributed by atoms with Gasteiger partial charge in [-0.3, -0.25) is 9.78 Å². The maximum Gasteiger partial charge on any atom is 0.262 e. The molecule has 1 amide bonds. The highest BCUT2D eigenvalue weighted by Gasteiger charge is 2.42. The Balaban J connectivity index is 1.30. The van der Waals surface area contributed by atoms with E-state index in [4.69, 9.17) is 21.9 Å². The molecule has 1 saturated heterocycles. The van der Waals surface area contributed by atoms with Crippen LogP contribution >= 0.6 is 12.2 Å². The molecule has 0 unspecified atom stereocenters. The second kappa shape index (κ2) is 12.7. The van der Waals surface area contributed by atoms with Crippen LogP contribution in [0.3, 0.4) is 0 Å². The van der Waals surface area contributed by atoms with E-state index in [0.29, 0.717) is 16.5 Å². The van der Waals surface area contributed by atoms with Crippen molar-refractivity contribution in [2.24, 2.45) is 0 Å². The molecule has 44 heavy (non-hydrogen) atoms. The zero-order valence-corrected chi connectivity index (χ0v) is 25.8. The Bertz CT molecular complexity index is 1750. The van der Waals surface area contributed by atoms with Crippen molar-refractivity contribution >= 4 is 34.6 Å². The summed E-state index contributed by atoms with van der Waals surface area (Å²) in [7, 11) is 0. The van der Waals surface area contributed by atoms with Gasteiger partial charge >= 0.3 is 0 Å². The first-order valence-electron chi connectivity index (χ1n) is 14.8. The van der Waals surface area contributed by atoms with Gasteiger partial charge in [-0.15, -0.1) is 0 Å². The van der Waals surface area contributed by atoms with Crippen LogP contribution in [0.2, 0.25) is 0 Å². The summed E-state index contributed by atoms with van der Waals surface area (Å²) in [6.07, 6.45) is 2.82. The predicted molar refractivity (Wildman–Crippen MR) is 180 cm³/mol. The average molecular weight is 602 g/mol. The summed E-state index contributed by atoms with van der Waals surface area (Å²) in [5.74, 6) is 0.423. The molecule has 1 fully saturated rings. The summed E-state index contributed by atoms with van der Waals surface area (Å²) in [4.78, 5) is 19.4. The van der Waals surface area contributed by atoms with Gasteiger partial charge in [-0.25, -0.2) is 0 Å². The van der Waals surface area contributed by atoms with E-state index in [-0.39, 0.29) is 24.6 Å². The van der Waals surface area contributed by atoms with Crippen molar-refractivity contribution in [1.29, 1.82) is 0 Å². The highest BCUT2D eigenvalue weighted by Crippen LogP contribution is 2.44. The molecule has 222 valence electrons. The highest BCUT2D eigenvalue weighted by atomic mass is 32.1. The van der Waals surface area contributed by atoms with Crippen molar-refractivity contribution in [2.75, 3.05) is 16.8 Å². The smallest absolute Gasteiger partial charge is 0.262 e. The van der Waals surface area contributed by atoms with Crippen molar-refractivity contribution in [3.05, 3.63) is 138 Å².